The Hall–Kier alpha value is -2.11. The molecule has 0 heterocycles. The molecule has 19 heavy (non-hydrogen) atoms. The van der Waals surface area contributed by atoms with Crippen molar-refractivity contribution in [2.75, 3.05) is 18.9 Å². The van der Waals surface area contributed by atoms with Gasteiger partial charge in [0, 0.05) is 12.2 Å². The zero-order valence-corrected chi connectivity index (χ0v) is 10.9. The highest BCUT2D eigenvalue weighted by Gasteiger charge is 2.14. The van der Waals surface area contributed by atoms with E-state index >= 15 is 0 Å². The molecule has 1 amide bonds. The highest BCUT2D eigenvalue weighted by Crippen LogP contribution is 2.14. The van der Waals surface area contributed by atoms with E-state index in [4.69, 9.17) is 10.5 Å². The van der Waals surface area contributed by atoms with E-state index in [-0.39, 0.29) is 11.3 Å². The van der Waals surface area contributed by atoms with Gasteiger partial charge in [-0.2, -0.15) is 0 Å². The molecule has 104 valence electrons. The van der Waals surface area contributed by atoms with Gasteiger partial charge in [-0.25, -0.2) is 9.18 Å². The molecule has 0 radical (unpaired) electrons. The van der Waals surface area contributed by atoms with Crippen LogP contribution in [0.1, 0.15) is 24.2 Å². The van der Waals surface area contributed by atoms with Gasteiger partial charge in [0.2, 0.25) is 0 Å². The lowest BCUT2D eigenvalue weighted by molar-refractivity contribution is -0.124. The zero-order chi connectivity index (χ0) is 14.4. The van der Waals surface area contributed by atoms with Crippen LogP contribution in [0.25, 0.3) is 0 Å². The predicted octanol–water partition coefficient (Wildman–Crippen LogP) is 1.34. The number of amides is 1. The first-order valence-corrected chi connectivity index (χ1v) is 5.89. The molecule has 6 heteroatoms. The van der Waals surface area contributed by atoms with Crippen molar-refractivity contribution >= 4 is 17.6 Å². The third-order valence-electron chi connectivity index (χ3n) is 2.28. The molecule has 0 spiro atoms. The quantitative estimate of drug-likeness (QED) is 0.623. The summed E-state index contributed by atoms with van der Waals surface area (Å²) in [5, 5.41) is 2.59. The molecule has 0 aliphatic heterocycles. The molecular weight excluding hydrogens is 251 g/mol. The molecule has 0 fully saturated rings. The van der Waals surface area contributed by atoms with Gasteiger partial charge in [-0.3, -0.25) is 4.79 Å². The van der Waals surface area contributed by atoms with Crippen molar-refractivity contribution in [3.05, 3.63) is 29.6 Å². The van der Waals surface area contributed by atoms with Gasteiger partial charge in [-0.15, -0.1) is 0 Å². The highest BCUT2D eigenvalue weighted by molar-refractivity contribution is 5.96. The van der Waals surface area contributed by atoms with Crippen molar-refractivity contribution in [1.29, 1.82) is 0 Å². The molecule has 0 saturated carbocycles. The Bertz CT molecular complexity index is 475. The van der Waals surface area contributed by atoms with Crippen LogP contribution in [0.3, 0.4) is 0 Å². The van der Waals surface area contributed by atoms with Gasteiger partial charge in [0.05, 0.1) is 5.56 Å². The second-order valence-corrected chi connectivity index (χ2v) is 4.51. The number of esters is 1. The van der Waals surface area contributed by atoms with Crippen LogP contribution in [0.2, 0.25) is 0 Å². The Morgan fingerprint density at radius 2 is 2.11 bits per heavy atom. The zero-order valence-electron chi connectivity index (χ0n) is 10.9. The lowest BCUT2D eigenvalue weighted by Crippen LogP contribution is -2.31. The van der Waals surface area contributed by atoms with Crippen LogP contribution < -0.4 is 11.1 Å². The SMILES string of the molecule is CC(C)CNC(=O)COC(=O)c1cc(F)ccc1N. The number of hydrogen-bond donors (Lipinski definition) is 2. The largest absolute Gasteiger partial charge is 0.452 e. The average molecular weight is 268 g/mol. The third-order valence-corrected chi connectivity index (χ3v) is 2.28. The Morgan fingerprint density at radius 1 is 1.42 bits per heavy atom. The maximum absolute atomic E-state index is 13.0. The number of nitrogen functional groups attached to an aromatic ring is 1. The lowest BCUT2D eigenvalue weighted by Gasteiger charge is -2.09. The van der Waals surface area contributed by atoms with Gasteiger partial charge in [0.15, 0.2) is 6.61 Å². The summed E-state index contributed by atoms with van der Waals surface area (Å²) in [7, 11) is 0. The third kappa shape index (κ3) is 4.95. The van der Waals surface area contributed by atoms with E-state index in [0.29, 0.717) is 12.5 Å². The number of nitrogens with one attached hydrogen (secondary N) is 1. The topological polar surface area (TPSA) is 81.4 Å². The molecule has 1 rings (SSSR count). The van der Waals surface area contributed by atoms with Crippen molar-refractivity contribution in [2.24, 2.45) is 5.92 Å². The van der Waals surface area contributed by atoms with E-state index in [0.717, 1.165) is 12.1 Å². The molecule has 3 N–H and O–H groups in total. The standard InChI is InChI=1S/C13H17FN2O3/c1-8(2)6-16-12(17)7-19-13(18)10-5-9(14)3-4-11(10)15/h3-5,8H,6-7,15H2,1-2H3,(H,16,17). The number of anilines is 1. The lowest BCUT2D eigenvalue weighted by atomic mass is 10.2. The van der Waals surface area contributed by atoms with Gasteiger partial charge in [0.1, 0.15) is 5.82 Å². The maximum Gasteiger partial charge on any atom is 0.340 e. The summed E-state index contributed by atoms with van der Waals surface area (Å²) < 4.78 is 17.7. The smallest absolute Gasteiger partial charge is 0.340 e. The molecule has 5 nitrogen and oxygen atoms in total. The van der Waals surface area contributed by atoms with Crippen LogP contribution >= 0.6 is 0 Å². The Balaban J connectivity index is 2.51. The number of ether oxygens (including phenoxy) is 1. The summed E-state index contributed by atoms with van der Waals surface area (Å²) in [6.07, 6.45) is 0. The highest BCUT2D eigenvalue weighted by atomic mass is 19.1. The van der Waals surface area contributed by atoms with Gasteiger partial charge in [0.25, 0.3) is 5.91 Å². The summed E-state index contributed by atoms with van der Waals surface area (Å²) in [6.45, 7) is 3.97. The molecule has 0 aliphatic rings. The van der Waals surface area contributed by atoms with E-state index in [1.165, 1.54) is 6.07 Å². The van der Waals surface area contributed by atoms with Crippen LogP contribution in [-0.4, -0.2) is 25.0 Å². The summed E-state index contributed by atoms with van der Waals surface area (Å²) in [6, 6.07) is 3.38. The summed E-state index contributed by atoms with van der Waals surface area (Å²) >= 11 is 0. The Kier molecular flexibility index (Phi) is 5.29. The van der Waals surface area contributed by atoms with E-state index in [1.807, 2.05) is 13.8 Å². The first-order valence-electron chi connectivity index (χ1n) is 5.89. The van der Waals surface area contributed by atoms with Crippen LogP contribution in [0.5, 0.6) is 0 Å². The minimum absolute atomic E-state index is 0.0864. The molecule has 1 aromatic carbocycles. The van der Waals surface area contributed by atoms with Crippen LogP contribution in [0.4, 0.5) is 10.1 Å². The molecule has 0 unspecified atom stereocenters. The molecular formula is C13H17FN2O3. The normalized spacial score (nSPS) is 10.3. The van der Waals surface area contributed by atoms with E-state index in [1.54, 1.807) is 0 Å². The fourth-order valence-corrected chi connectivity index (χ4v) is 1.28. The molecule has 0 aliphatic carbocycles. The number of hydrogen-bond acceptors (Lipinski definition) is 4. The second-order valence-electron chi connectivity index (χ2n) is 4.51. The summed E-state index contributed by atoms with van der Waals surface area (Å²) in [4.78, 5) is 23.0. The van der Waals surface area contributed by atoms with E-state index < -0.39 is 24.3 Å². The molecule has 0 saturated heterocycles. The van der Waals surface area contributed by atoms with E-state index in [9.17, 15) is 14.0 Å². The number of rotatable bonds is 5. The number of benzene rings is 1. The average Bonchev–Trinajstić information content (AvgIpc) is 2.36. The monoisotopic (exact) mass is 268 g/mol. The molecule has 1 aromatic rings. The summed E-state index contributed by atoms with van der Waals surface area (Å²) in [5.41, 5.74) is 5.55. The maximum atomic E-state index is 13.0. The number of carbonyl (C=O) groups excluding carboxylic acids is 2. The van der Waals surface area contributed by atoms with Gasteiger partial charge in [-0.1, -0.05) is 13.8 Å². The minimum atomic E-state index is -0.823. The Morgan fingerprint density at radius 3 is 2.74 bits per heavy atom. The molecule has 0 atom stereocenters. The van der Waals surface area contributed by atoms with Crippen molar-refractivity contribution in [3.8, 4) is 0 Å². The first-order chi connectivity index (χ1) is 8.90. The minimum Gasteiger partial charge on any atom is -0.452 e. The van der Waals surface area contributed by atoms with Gasteiger partial charge < -0.3 is 15.8 Å². The number of halogens is 1. The number of nitrogens with two attached hydrogens (primary N) is 1. The molecule has 0 aromatic heterocycles. The van der Waals surface area contributed by atoms with Crippen molar-refractivity contribution in [3.63, 3.8) is 0 Å². The fraction of sp³-hybridized carbons (Fsp3) is 0.385. The van der Waals surface area contributed by atoms with Crippen LogP contribution in [0.15, 0.2) is 18.2 Å². The second kappa shape index (κ2) is 6.72. The molecule has 0 bridgehead atoms. The number of carbonyl (C=O) groups is 2. The van der Waals surface area contributed by atoms with Crippen LogP contribution in [0, 0.1) is 11.7 Å². The van der Waals surface area contributed by atoms with Crippen molar-refractivity contribution in [2.45, 2.75) is 13.8 Å². The van der Waals surface area contributed by atoms with Crippen molar-refractivity contribution < 1.29 is 18.7 Å². The van der Waals surface area contributed by atoms with Gasteiger partial charge in [-0.05, 0) is 24.1 Å². The predicted molar refractivity (Wildman–Crippen MR) is 68.9 cm³/mol. The summed E-state index contributed by atoms with van der Waals surface area (Å²) in [5.74, 6) is -1.52. The van der Waals surface area contributed by atoms with E-state index in [2.05, 4.69) is 5.32 Å². The van der Waals surface area contributed by atoms with Crippen LogP contribution in [-0.2, 0) is 9.53 Å². The fourth-order valence-electron chi connectivity index (χ4n) is 1.28. The van der Waals surface area contributed by atoms with Gasteiger partial charge >= 0.3 is 5.97 Å². The Labute approximate surface area is 110 Å². The van der Waals surface area contributed by atoms with Crippen molar-refractivity contribution in [1.82, 2.24) is 5.32 Å². The first kappa shape index (κ1) is 14.9.